The Morgan fingerprint density at radius 1 is 1.67 bits per heavy atom. The number of esters is 1. The highest BCUT2D eigenvalue weighted by atomic mass is 32.1. The minimum absolute atomic E-state index is 0.190. The number of hydrogen-bond acceptors (Lipinski definition) is 6. The monoisotopic (exact) mass is 224 g/mol. The predicted molar refractivity (Wildman–Crippen MR) is 55.6 cm³/mol. The first-order valence-electron chi connectivity index (χ1n) is 4.11. The number of ether oxygens (including phenoxy) is 1. The van der Waals surface area contributed by atoms with Crippen LogP contribution in [-0.4, -0.2) is 18.1 Å². The van der Waals surface area contributed by atoms with Gasteiger partial charge in [-0.25, -0.2) is 9.78 Å². The van der Waals surface area contributed by atoms with Crippen LogP contribution in [-0.2, 0) is 4.74 Å². The van der Waals surface area contributed by atoms with Crippen LogP contribution in [0.5, 0.6) is 0 Å². The number of methoxy groups -OCH3 is 1. The maximum atomic E-state index is 11.4. The Bertz CT molecular complexity index is 476. The molecule has 2 aromatic rings. The van der Waals surface area contributed by atoms with Crippen molar-refractivity contribution in [2.24, 2.45) is 0 Å². The molecule has 0 unspecified atom stereocenters. The average molecular weight is 224 g/mol. The van der Waals surface area contributed by atoms with Crippen LogP contribution in [0, 0.1) is 0 Å². The van der Waals surface area contributed by atoms with Crippen molar-refractivity contribution in [3.05, 3.63) is 24.1 Å². The lowest BCUT2D eigenvalue weighted by molar-refractivity contribution is 0.0595. The fourth-order valence-corrected chi connectivity index (χ4v) is 1.93. The third-order valence-corrected chi connectivity index (χ3v) is 2.67. The number of carbonyl (C=O) groups excluding carboxylic acids is 1. The second-order valence-corrected chi connectivity index (χ2v) is 3.73. The minimum atomic E-state index is -0.519. The Morgan fingerprint density at radius 3 is 3.07 bits per heavy atom. The second-order valence-electron chi connectivity index (χ2n) is 2.70. The van der Waals surface area contributed by atoms with Crippen molar-refractivity contribution in [2.75, 3.05) is 12.8 Å². The highest BCUT2D eigenvalue weighted by Gasteiger charge is 2.20. The van der Waals surface area contributed by atoms with Crippen LogP contribution < -0.4 is 5.73 Å². The van der Waals surface area contributed by atoms with Gasteiger partial charge >= 0.3 is 5.97 Å². The molecule has 2 aromatic heterocycles. The van der Waals surface area contributed by atoms with E-state index in [4.69, 9.17) is 10.2 Å². The molecule has 78 valence electrons. The van der Waals surface area contributed by atoms with Crippen molar-refractivity contribution in [1.82, 2.24) is 4.98 Å². The molecule has 0 saturated heterocycles. The van der Waals surface area contributed by atoms with Gasteiger partial charge in [0.2, 0.25) is 0 Å². The lowest BCUT2D eigenvalue weighted by atomic mass is 10.3. The highest BCUT2D eigenvalue weighted by Crippen LogP contribution is 2.32. The Balaban J connectivity index is 2.52. The van der Waals surface area contributed by atoms with Crippen molar-refractivity contribution in [3.63, 3.8) is 0 Å². The average Bonchev–Trinajstić information content (AvgIpc) is 2.84. The third-order valence-electron chi connectivity index (χ3n) is 1.77. The molecular weight excluding hydrogens is 216 g/mol. The number of furan rings is 1. The quantitative estimate of drug-likeness (QED) is 0.786. The summed E-state index contributed by atoms with van der Waals surface area (Å²) in [6.07, 6.45) is 1.52. The largest absolute Gasteiger partial charge is 0.464 e. The first-order chi connectivity index (χ1) is 7.22. The summed E-state index contributed by atoms with van der Waals surface area (Å²) in [5, 5.41) is 0.307. The first kappa shape index (κ1) is 9.72. The minimum Gasteiger partial charge on any atom is -0.464 e. The van der Waals surface area contributed by atoms with E-state index < -0.39 is 5.97 Å². The fourth-order valence-electron chi connectivity index (χ4n) is 1.15. The molecule has 0 bridgehead atoms. The van der Waals surface area contributed by atoms with Gasteiger partial charge in [-0.3, -0.25) is 0 Å². The number of thiazole rings is 1. The lowest BCUT2D eigenvalue weighted by Gasteiger charge is -1.96. The number of rotatable bonds is 2. The zero-order valence-corrected chi connectivity index (χ0v) is 8.71. The van der Waals surface area contributed by atoms with Crippen LogP contribution in [0.4, 0.5) is 5.13 Å². The highest BCUT2D eigenvalue weighted by molar-refractivity contribution is 7.19. The summed E-state index contributed by atoms with van der Waals surface area (Å²) in [5.41, 5.74) is 5.73. The number of nitrogens with two attached hydrogens (primary N) is 1. The van der Waals surface area contributed by atoms with Crippen LogP contribution in [0.1, 0.15) is 10.5 Å². The van der Waals surface area contributed by atoms with E-state index in [1.54, 1.807) is 12.1 Å². The van der Waals surface area contributed by atoms with Gasteiger partial charge < -0.3 is 14.9 Å². The van der Waals surface area contributed by atoms with Crippen LogP contribution in [0.15, 0.2) is 22.8 Å². The van der Waals surface area contributed by atoms with E-state index in [2.05, 4.69) is 9.72 Å². The van der Waals surface area contributed by atoms with Crippen LogP contribution >= 0.6 is 11.3 Å². The molecule has 0 radical (unpaired) electrons. The zero-order chi connectivity index (χ0) is 10.8. The number of anilines is 1. The molecule has 0 amide bonds. The summed E-state index contributed by atoms with van der Waals surface area (Å²) < 4.78 is 9.77. The van der Waals surface area contributed by atoms with Gasteiger partial charge in [0, 0.05) is 0 Å². The Labute approximate surface area is 89.5 Å². The van der Waals surface area contributed by atoms with Crippen LogP contribution in [0.25, 0.3) is 10.6 Å². The summed E-state index contributed by atoms with van der Waals surface area (Å²) in [6, 6.07) is 3.46. The van der Waals surface area contributed by atoms with Gasteiger partial charge in [0.15, 0.2) is 10.8 Å². The molecule has 2 N–H and O–H groups in total. The van der Waals surface area contributed by atoms with E-state index in [1.807, 2.05) is 0 Å². The van der Waals surface area contributed by atoms with E-state index in [-0.39, 0.29) is 5.69 Å². The van der Waals surface area contributed by atoms with Crippen molar-refractivity contribution in [1.29, 1.82) is 0 Å². The third kappa shape index (κ3) is 1.71. The topological polar surface area (TPSA) is 78.3 Å². The molecule has 0 spiro atoms. The maximum Gasteiger partial charge on any atom is 0.358 e. The number of carbonyl (C=O) groups is 1. The molecule has 0 aliphatic heterocycles. The molecule has 2 rings (SSSR count). The molecule has 2 heterocycles. The van der Waals surface area contributed by atoms with E-state index in [9.17, 15) is 4.79 Å². The van der Waals surface area contributed by atoms with E-state index in [0.717, 1.165) is 0 Å². The van der Waals surface area contributed by atoms with Crippen molar-refractivity contribution in [2.45, 2.75) is 0 Å². The van der Waals surface area contributed by atoms with Gasteiger partial charge in [-0.2, -0.15) is 0 Å². The molecule has 15 heavy (non-hydrogen) atoms. The molecule has 0 aromatic carbocycles. The Kier molecular flexibility index (Phi) is 2.42. The van der Waals surface area contributed by atoms with E-state index >= 15 is 0 Å². The molecule has 6 heteroatoms. The molecule has 0 saturated carbocycles. The van der Waals surface area contributed by atoms with E-state index in [1.165, 1.54) is 24.7 Å². The van der Waals surface area contributed by atoms with Gasteiger partial charge in [0.05, 0.1) is 13.4 Å². The van der Waals surface area contributed by atoms with Crippen LogP contribution in [0.2, 0.25) is 0 Å². The summed E-state index contributed by atoms with van der Waals surface area (Å²) in [7, 11) is 1.30. The van der Waals surface area contributed by atoms with Gasteiger partial charge in [-0.15, -0.1) is 0 Å². The van der Waals surface area contributed by atoms with Gasteiger partial charge in [0.25, 0.3) is 0 Å². The SMILES string of the molecule is COC(=O)c1nc(N)sc1-c1ccco1. The lowest BCUT2D eigenvalue weighted by Crippen LogP contribution is -2.03. The fraction of sp³-hybridized carbons (Fsp3) is 0.111. The Morgan fingerprint density at radius 2 is 2.47 bits per heavy atom. The summed E-state index contributed by atoms with van der Waals surface area (Å²) >= 11 is 1.19. The van der Waals surface area contributed by atoms with E-state index in [0.29, 0.717) is 15.8 Å². The normalized spacial score (nSPS) is 10.2. The Hall–Kier alpha value is -1.82. The smallest absolute Gasteiger partial charge is 0.358 e. The number of aromatic nitrogens is 1. The number of nitrogens with zero attached hydrogens (tertiary/aromatic N) is 1. The first-order valence-corrected chi connectivity index (χ1v) is 4.92. The maximum absolute atomic E-state index is 11.4. The summed E-state index contributed by atoms with van der Waals surface area (Å²) in [6.45, 7) is 0. The summed E-state index contributed by atoms with van der Waals surface area (Å²) in [4.78, 5) is 15.9. The van der Waals surface area contributed by atoms with Crippen molar-refractivity contribution in [3.8, 4) is 10.6 Å². The van der Waals surface area contributed by atoms with Crippen molar-refractivity contribution >= 4 is 22.4 Å². The molecule has 0 aliphatic carbocycles. The standard InChI is InChI=1S/C9H8N2O3S/c1-13-8(12)6-7(15-9(10)11-6)5-3-2-4-14-5/h2-4H,1H3,(H2,10,11). The van der Waals surface area contributed by atoms with Crippen molar-refractivity contribution < 1.29 is 13.9 Å². The van der Waals surface area contributed by atoms with Gasteiger partial charge in [-0.05, 0) is 12.1 Å². The molecule has 5 nitrogen and oxygen atoms in total. The molecule has 0 atom stereocenters. The predicted octanol–water partition coefficient (Wildman–Crippen LogP) is 1.77. The molecule has 0 aliphatic rings. The summed E-state index contributed by atoms with van der Waals surface area (Å²) in [5.74, 6) is 0.0407. The zero-order valence-electron chi connectivity index (χ0n) is 7.89. The number of nitrogen functional groups attached to an aromatic ring is 1. The molecule has 0 fully saturated rings. The number of hydrogen-bond donors (Lipinski definition) is 1. The second kappa shape index (κ2) is 3.74. The van der Waals surface area contributed by atoms with Crippen LogP contribution in [0.3, 0.4) is 0 Å². The van der Waals surface area contributed by atoms with Gasteiger partial charge in [-0.1, -0.05) is 11.3 Å². The van der Waals surface area contributed by atoms with Gasteiger partial charge in [0.1, 0.15) is 10.6 Å². The molecular formula is C9H8N2O3S.